The third kappa shape index (κ3) is 7.07. The molecule has 0 amide bonds. The summed E-state index contributed by atoms with van der Waals surface area (Å²) in [6.45, 7) is 4.87. The minimum absolute atomic E-state index is 0.216. The van der Waals surface area contributed by atoms with Gasteiger partial charge in [-0.1, -0.05) is 46.7 Å². The summed E-state index contributed by atoms with van der Waals surface area (Å²) in [7, 11) is 2.85. The number of esters is 1. The molecule has 1 aliphatic heterocycles. The maximum absolute atomic E-state index is 14.0. The van der Waals surface area contributed by atoms with Crippen molar-refractivity contribution in [2.45, 2.75) is 26.5 Å². The zero-order valence-corrected chi connectivity index (χ0v) is 29.8. The van der Waals surface area contributed by atoms with Crippen LogP contribution in [0.15, 0.2) is 70.1 Å². The molecule has 0 saturated carbocycles. The van der Waals surface area contributed by atoms with Crippen LogP contribution in [-0.2, 0) is 16.1 Å². The standard InChI is InChI=1S/C33H29Cl2IN2O7S/c1-5-43-25-10-8-20(15-26(25)44-6-2)29-21(32(40)42-4)16-37-33-38(29)31(39)28(46-33)14-19-12-24(36)30(27(13-19)41-3)45-17-18-7-9-22(34)23(35)11-18/h7-16,29H,5-6,17H2,1-4H3/b28-14-/t29-/m1/s1. The van der Waals surface area contributed by atoms with Crippen LogP contribution < -0.4 is 33.8 Å². The Morgan fingerprint density at radius 1 is 0.978 bits per heavy atom. The summed E-state index contributed by atoms with van der Waals surface area (Å²) in [5.41, 5.74) is 2.11. The van der Waals surface area contributed by atoms with E-state index in [1.807, 2.05) is 32.0 Å². The number of methoxy groups -OCH3 is 2. The molecule has 46 heavy (non-hydrogen) atoms. The maximum Gasteiger partial charge on any atom is 0.337 e. The van der Waals surface area contributed by atoms with Crippen LogP contribution in [0.25, 0.3) is 6.08 Å². The van der Waals surface area contributed by atoms with Gasteiger partial charge in [0.15, 0.2) is 27.8 Å². The van der Waals surface area contributed by atoms with Gasteiger partial charge in [-0.05, 0) is 95.6 Å². The van der Waals surface area contributed by atoms with E-state index in [0.29, 0.717) is 61.2 Å². The molecule has 13 heteroatoms. The number of nitrogens with zero attached hydrogens (tertiary/aromatic N) is 2. The summed E-state index contributed by atoms with van der Waals surface area (Å²) < 4.78 is 31.1. The summed E-state index contributed by atoms with van der Waals surface area (Å²) in [6, 6.07) is 13.6. The molecular formula is C33H29Cl2IN2O7S. The van der Waals surface area contributed by atoms with Crippen molar-refractivity contribution in [1.82, 2.24) is 4.57 Å². The molecule has 2 heterocycles. The highest BCUT2D eigenvalue weighted by Crippen LogP contribution is 2.36. The minimum Gasteiger partial charge on any atom is -0.493 e. The average Bonchev–Trinajstić information content (AvgIpc) is 3.36. The lowest BCUT2D eigenvalue weighted by Crippen LogP contribution is -2.39. The Balaban J connectivity index is 1.55. The summed E-state index contributed by atoms with van der Waals surface area (Å²) in [4.78, 5) is 31.8. The molecule has 0 aliphatic carbocycles. The Kier molecular flexibility index (Phi) is 11.0. The SMILES string of the molecule is CCOc1ccc([C@@H]2C(C(=O)OC)=CN=c3s/c(=C\c4cc(I)c(OCc5ccc(Cl)c(Cl)c5)c(OC)c4)c(=O)n32)cc1OCC. The second kappa shape index (κ2) is 14.9. The lowest BCUT2D eigenvalue weighted by Gasteiger charge is -2.23. The number of thiazole rings is 1. The number of hydrogen-bond donors (Lipinski definition) is 0. The molecule has 1 aliphatic rings. The van der Waals surface area contributed by atoms with E-state index in [1.165, 1.54) is 29.2 Å². The Bertz CT molecular complexity index is 2010. The Hall–Kier alpha value is -3.52. The van der Waals surface area contributed by atoms with Gasteiger partial charge >= 0.3 is 5.97 Å². The van der Waals surface area contributed by atoms with E-state index >= 15 is 0 Å². The third-order valence-electron chi connectivity index (χ3n) is 6.92. The van der Waals surface area contributed by atoms with Crippen molar-refractivity contribution in [1.29, 1.82) is 0 Å². The van der Waals surface area contributed by atoms with Crippen molar-refractivity contribution in [2.75, 3.05) is 27.4 Å². The highest BCUT2D eigenvalue weighted by molar-refractivity contribution is 14.1. The number of hydrogen-bond acceptors (Lipinski definition) is 9. The van der Waals surface area contributed by atoms with Crippen molar-refractivity contribution in [3.8, 4) is 23.0 Å². The van der Waals surface area contributed by atoms with Gasteiger partial charge in [0.05, 0.1) is 57.2 Å². The van der Waals surface area contributed by atoms with E-state index in [2.05, 4.69) is 27.6 Å². The van der Waals surface area contributed by atoms with Crippen molar-refractivity contribution >= 4 is 69.2 Å². The first kappa shape index (κ1) is 33.8. The van der Waals surface area contributed by atoms with E-state index in [0.717, 1.165) is 14.7 Å². The van der Waals surface area contributed by atoms with E-state index in [4.69, 9.17) is 46.9 Å². The smallest absolute Gasteiger partial charge is 0.337 e. The molecule has 0 N–H and O–H groups in total. The normalized spacial score (nSPS) is 14.2. The van der Waals surface area contributed by atoms with Crippen LogP contribution in [0.2, 0.25) is 10.0 Å². The molecule has 0 unspecified atom stereocenters. The van der Waals surface area contributed by atoms with E-state index in [-0.39, 0.29) is 17.7 Å². The number of benzene rings is 3. The second-order valence-electron chi connectivity index (χ2n) is 9.82. The molecule has 0 saturated heterocycles. The predicted molar refractivity (Wildman–Crippen MR) is 186 cm³/mol. The van der Waals surface area contributed by atoms with Crippen LogP contribution >= 0.6 is 57.1 Å². The zero-order chi connectivity index (χ0) is 33.0. The highest BCUT2D eigenvalue weighted by Gasteiger charge is 2.31. The zero-order valence-electron chi connectivity index (χ0n) is 25.3. The van der Waals surface area contributed by atoms with Gasteiger partial charge in [-0.15, -0.1) is 0 Å². The predicted octanol–water partition coefficient (Wildman–Crippen LogP) is 6.31. The summed E-state index contributed by atoms with van der Waals surface area (Å²) in [5.74, 6) is 1.53. The Morgan fingerprint density at radius 3 is 2.43 bits per heavy atom. The van der Waals surface area contributed by atoms with Gasteiger partial charge in [-0.25, -0.2) is 9.79 Å². The molecule has 1 aromatic heterocycles. The molecule has 3 aromatic carbocycles. The van der Waals surface area contributed by atoms with Crippen LogP contribution in [-0.4, -0.2) is 38.0 Å². The molecule has 1 atom stereocenters. The van der Waals surface area contributed by atoms with Crippen LogP contribution in [0, 0.1) is 3.57 Å². The maximum atomic E-state index is 14.0. The number of ether oxygens (including phenoxy) is 5. The fraction of sp³-hybridized carbons (Fsp3) is 0.242. The Morgan fingerprint density at radius 2 is 1.74 bits per heavy atom. The molecule has 0 fully saturated rings. The Labute approximate surface area is 292 Å². The van der Waals surface area contributed by atoms with Crippen LogP contribution in [0.4, 0.5) is 0 Å². The van der Waals surface area contributed by atoms with Crippen molar-refractivity contribution in [3.05, 3.63) is 110 Å². The molecule has 0 radical (unpaired) electrons. The molecule has 240 valence electrons. The van der Waals surface area contributed by atoms with Gasteiger partial charge in [0, 0.05) is 6.20 Å². The molecule has 4 aromatic rings. The highest BCUT2D eigenvalue weighted by atomic mass is 127. The summed E-state index contributed by atoms with van der Waals surface area (Å²) >= 11 is 15.6. The fourth-order valence-electron chi connectivity index (χ4n) is 4.89. The molecular weight excluding hydrogens is 766 g/mol. The van der Waals surface area contributed by atoms with Gasteiger partial charge in [0.25, 0.3) is 5.56 Å². The quantitative estimate of drug-likeness (QED) is 0.130. The van der Waals surface area contributed by atoms with Gasteiger partial charge in [-0.2, -0.15) is 0 Å². The lowest BCUT2D eigenvalue weighted by atomic mass is 9.97. The molecule has 5 rings (SSSR count). The van der Waals surface area contributed by atoms with Crippen molar-refractivity contribution in [2.24, 2.45) is 4.99 Å². The van der Waals surface area contributed by atoms with Crippen molar-refractivity contribution < 1.29 is 28.5 Å². The van der Waals surface area contributed by atoms with Crippen molar-refractivity contribution in [3.63, 3.8) is 0 Å². The molecule has 0 spiro atoms. The first-order valence-corrected chi connectivity index (χ1v) is 16.8. The lowest BCUT2D eigenvalue weighted by molar-refractivity contribution is -0.136. The molecule has 0 bridgehead atoms. The largest absolute Gasteiger partial charge is 0.493 e. The molecule has 9 nitrogen and oxygen atoms in total. The number of fused-ring (bicyclic) bond motifs is 1. The minimum atomic E-state index is -0.799. The number of aromatic nitrogens is 1. The number of carbonyl (C=O) groups excluding carboxylic acids is 1. The van der Waals surface area contributed by atoms with Crippen LogP contribution in [0.3, 0.4) is 0 Å². The number of halogens is 3. The number of carbonyl (C=O) groups is 1. The first-order valence-electron chi connectivity index (χ1n) is 14.1. The average molecular weight is 795 g/mol. The first-order chi connectivity index (χ1) is 22.2. The second-order valence-corrected chi connectivity index (χ2v) is 12.8. The van der Waals surface area contributed by atoms with Gasteiger partial charge < -0.3 is 23.7 Å². The monoisotopic (exact) mass is 794 g/mol. The number of rotatable bonds is 11. The van der Waals surface area contributed by atoms with E-state index in [1.54, 1.807) is 43.5 Å². The van der Waals surface area contributed by atoms with Gasteiger partial charge in [0.1, 0.15) is 6.61 Å². The third-order valence-corrected chi connectivity index (χ3v) is 9.46. The van der Waals surface area contributed by atoms with Crippen LogP contribution in [0.5, 0.6) is 23.0 Å². The summed E-state index contributed by atoms with van der Waals surface area (Å²) in [5, 5.41) is 0.911. The van der Waals surface area contributed by atoms with Crippen LogP contribution in [0.1, 0.15) is 36.6 Å². The van der Waals surface area contributed by atoms with Gasteiger partial charge in [-0.3, -0.25) is 9.36 Å². The van der Waals surface area contributed by atoms with Gasteiger partial charge in [0.2, 0.25) is 0 Å². The van der Waals surface area contributed by atoms with E-state index < -0.39 is 12.0 Å². The summed E-state index contributed by atoms with van der Waals surface area (Å²) in [6.07, 6.45) is 3.22. The van der Waals surface area contributed by atoms with E-state index in [9.17, 15) is 9.59 Å². The fourth-order valence-corrected chi connectivity index (χ4v) is 6.96. The topological polar surface area (TPSA) is 97.6 Å².